The van der Waals surface area contributed by atoms with Gasteiger partial charge < -0.3 is 9.47 Å². The first-order valence-corrected chi connectivity index (χ1v) is 5.55. The van der Waals surface area contributed by atoms with E-state index in [0.29, 0.717) is 13.0 Å². The Morgan fingerprint density at radius 3 is 2.06 bits per heavy atom. The molecule has 0 rings (SSSR count). The second-order valence-corrected chi connectivity index (χ2v) is 3.34. The predicted molar refractivity (Wildman–Crippen MR) is 63.1 cm³/mol. The topological polar surface area (TPSA) is 55.8 Å². The molecule has 0 aromatic heterocycles. The average Bonchev–Trinajstić information content (AvgIpc) is 2.27. The van der Waals surface area contributed by atoms with Crippen LogP contribution in [0.4, 0.5) is 0 Å². The van der Waals surface area contributed by atoms with Crippen molar-refractivity contribution in [2.75, 3.05) is 26.8 Å². The molecule has 0 aliphatic rings. The predicted octanol–water partition coefficient (Wildman–Crippen LogP) is 0.436. The molecule has 0 N–H and O–H groups in total. The summed E-state index contributed by atoms with van der Waals surface area (Å²) in [7, 11) is 1.63. The van der Waals surface area contributed by atoms with Crippen molar-refractivity contribution < 1.29 is 19.1 Å². The molecule has 0 spiro atoms. The molecule has 0 unspecified atom stereocenters. The van der Waals surface area contributed by atoms with E-state index in [1.165, 1.54) is 4.90 Å². The molecule has 0 aliphatic carbocycles. The number of hydrogen-bond donors (Lipinski definition) is 0. The van der Waals surface area contributed by atoms with E-state index in [0.717, 1.165) is 0 Å². The van der Waals surface area contributed by atoms with Crippen molar-refractivity contribution in [3.05, 3.63) is 0 Å². The van der Waals surface area contributed by atoms with Crippen molar-refractivity contribution in [3.8, 4) is 12.3 Å². The van der Waals surface area contributed by atoms with Crippen LogP contribution in [0, 0.1) is 12.3 Å². The van der Waals surface area contributed by atoms with E-state index in [2.05, 4.69) is 5.92 Å². The van der Waals surface area contributed by atoms with Crippen LogP contribution in [0.1, 0.15) is 20.3 Å². The number of likely N-dealkylation sites (N-methyl/N-ethyl adjacent to an activating group) is 1. The van der Waals surface area contributed by atoms with E-state index < -0.39 is 18.0 Å². The van der Waals surface area contributed by atoms with E-state index >= 15 is 0 Å². The molecule has 0 radical (unpaired) electrons. The van der Waals surface area contributed by atoms with Crippen LogP contribution < -0.4 is 0 Å². The Morgan fingerprint density at radius 1 is 1.24 bits per heavy atom. The second-order valence-electron chi connectivity index (χ2n) is 3.34. The largest absolute Gasteiger partial charge is 0.464 e. The molecular formula is C12H19NO4. The second kappa shape index (κ2) is 8.59. The number of hydrogen-bond acceptors (Lipinski definition) is 5. The van der Waals surface area contributed by atoms with Gasteiger partial charge in [-0.3, -0.25) is 4.90 Å². The Kier molecular flexibility index (Phi) is 7.82. The van der Waals surface area contributed by atoms with Crippen LogP contribution in [0.2, 0.25) is 0 Å². The van der Waals surface area contributed by atoms with Crippen LogP contribution >= 0.6 is 0 Å². The molecule has 0 fully saturated rings. The summed E-state index contributed by atoms with van der Waals surface area (Å²) in [4.78, 5) is 24.8. The first-order chi connectivity index (χ1) is 8.08. The fourth-order valence-corrected chi connectivity index (χ4v) is 1.27. The maximum atomic E-state index is 11.6. The minimum absolute atomic E-state index is 0.220. The smallest absolute Gasteiger partial charge is 0.335 e. The Bertz CT molecular complexity index is 277. The van der Waals surface area contributed by atoms with Crippen molar-refractivity contribution in [2.24, 2.45) is 0 Å². The maximum absolute atomic E-state index is 11.6. The Morgan fingerprint density at radius 2 is 1.71 bits per heavy atom. The summed E-state index contributed by atoms with van der Waals surface area (Å²) in [5.41, 5.74) is 0. The van der Waals surface area contributed by atoms with Gasteiger partial charge in [0, 0.05) is 13.0 Å². The zero-order valence-corrected chi connectivity index (χ0v) is 10.6. The van der Waals surface area contributed by atoms with Crippen LogP contribution in [0.5, 0.6) is 0 Å². The first-order valence-electron chi connectivity index (χ1n) is 5.55. The number of carbonyl (C=O) groups is 2. The zero-order valence-electron chi connectivity index (χ0n) is 10.6. The normalized spacial score (nSPS) is 10.1. The summed E-state index contributed by atoms with van der Waals surface area (Å²) < 4.78 is 9.68. The monoisotopic (exact) mass is 241 g/mol. The number of nitrogens with zero attached hydrogens (tertiary/aromatic N) is 1. The number of ether oxygens (including phenoxy) is 2. The number of rotatable bonds is 7. The fourth-order valence-electron chi connectivity index (χ4n) is 1.27. The zero-order chi connectivity index (χ0) is 13.3. The molecule has 0 aromatic carbocycles. The molecule has 0 bridgehead atoms. The highest BCUT2D eigenvalue weighted by atomic mass is 16.6. The molecule has 5 nitrogen and oxygen atoms in total. The third kappa shape index (κ3) is 5.36. The van der Waals surface area contributed by atoms with Crippen molar-refractivity contribution >= 4 is 11.9 Å². The molecule has 96 valence electrons. The number of carbonyl (C=O) groups excluding carboxylic acids is 2. The lowest BCUT2D eigenvalue weighted by atomic mass is 10.2. The van der Waals surface area contributed by atoms with Gasteiger partial charge in [-0.1, -0.05) is 0 Å². The van der Waals surface area contributed by atoms with Crippen LogP contribution in [-0.2, 0) is 19.1 Å². The summed E-state index contributed by atoms with van der Waals surface area (Å²) in [6, 6.07) is -1.04. The molecule has 0 amide bonds. The molecule has 0 saturated carbocycles. The van der Waals surface area contributed by atoms with Crippen LogP contribution in [0.25, 0.3) is 0 Å². The van der Waals surface area contributed by atoms with Gasteiger partial charge in [-0.05, 0) is 20.9 Å². The minimum Gasteiger partial charge on any atom is -0.464 e. The Balaban J connectivity index is 4.65. The standard InChI is InChI=1S/C12H19NO4/c1-5-8-9-13(4)10(11(14)16-6-2)12(15)17-7-3/h1,10H,6-9H2,2-4H3. The summed E-state index contributed by atoms with van der Waals surface area (Å²) in [6.45, 7) is 4.23. The average molecular weight is 241 g/mol. The molecule has 0 atom stereocenters. The highest BCUT2D eigenvalue weighted by Gasteiger charge is 2.33. The van der Waals surface area contributed by atoms with Gasteiger partial charge in [-0.2, -0.15) is 0 Å². The van der Waals surface area contributed by atoms with Gasteiger partial charge in [0.1, 0.15) is 0 Å². The SMILES string of the molecule is C#CCCN(C)C(C(=O)OCC)C(=O)OCC. The molecule has 5 heteroatoms. The fraction of sp³-hybridized carbons (Fsp3) is 0.667. The van der Waals surface area contributed by atoms with Crippen LogP contribution in [-0.4, -0.2) is 49.7 Å². The molecule has 0 saturated heterocycles. The van der Waals surface area contributed by atoms with Gasteiger partial charge in [0.25, 0.3) is 0 Å². The van der Waals surface area contributed by atoms with E-state index in [1.54, 1.807) is 20.9 Å². The van der Waals surface area contributed by atoms with Gasteiger partial charge in [-0.15, -0.1) is 12.3 Å². The third-order valence-electron chi connectivity index (χ3n) is 2.07. The first kappa shape index (κ1) is 15.5. The van der Waals surface area contributed by atoms with Gasteiger partial charge in [0.2, 0.25) is 6.04 Å². The lowest BCUT2D eigenvalue weighted by Gasteiger charge is -2.23. The maximum Gasteiger partial charge on any atom is 0.335 e. The van der Waals surface area contributed by atoms with E-state index in [4.69, 9.17) is 15.9 Å². The highest BCUT2D eigenvalue weighted by molar-refractivity contribution is 5.99. The van der Waals surface area contributed by atoms with E-state index in [9.17, 15) is 9.59 Å². The lowest BCUT2D eigenvalue weighted by molar-refractivity contribution is -0.162. The Hall–Kier alpha value is -1.54. The molecule has 0 aliphatic heterocycles. The summed E-state index contributed by atoms with van der Waals surface area (Å²) in [6.07, 6.45) is 5.59. The molecule has 0 aromatic rings. The lowest BCUT2D eigenvalue weighted by Crippen LogP contribution is -2.46. The summed E-state index contributed by atoms with van der Waals surface area (Å²) >= 11 is 0. The summed E-state index contributed by atoms with van der Waals surface area (Å²) in [5, 5.41) is 0. The van der Waals surface area contributed by atoms with Crippen molar-refractivity contribution in [2.45, 2.75) is 26.3 Å². The van der Waals surface area contributed by atoms with E-state index in [-0.39, 0.29) is 13.2 Å². The molecule has 17 heavy (non-hydrogen) atoms. The summed E-state index contributed by atoms with van der Waals surface area (Å²) in [5.74, 6) is 1.24. The third-order valence-corrected chi connectivity index (χ3v) is 2.07. The van der Waals surface area contributed by atoms with Gasteiger partial charge >= 0.3 is 11.9 Å². The van der Waals surface area contributed by atoms with Crippen LogP contribution in [0.15, 0.2) is 0 Å². The van der Waals surface area contributed by atoms with E-state index in [1.807, 2.05) is 0 Å². The van der Waals surface area contributed by atoms with Crippen molar-refractivity contribution in [1.82, 2.24) is 4.90 Å². The van der Waals surface area contributed by atoms with Crippen molar-refractivity contribution in [3.63, 3.8) is 0 Å². The highest BCUT2D eigenvalue weighted by Crippen LogP contribution is 2.04. The molecular weight excluding hydrogens is 222 g/mol. The van der Waals surface area contributed by atoms with Crippen molar-refractivity contribution in [1.29, 1.82) is 0 Å². The van der Waals surface area contributed by atoms with Gasteiger partial charge in [0.05, 0.1) is 13.2 Å². The quantitative estimate of drug-likeness (QED) is 0.368. The minimum atomic E-state index is -1.04. The molecule has 0 heterocycles. The Labute approximate surface area is 102 Å². The number of esters is 2. The number of terminal acetylenes is 1. The van der Waals surface area contributed by atoms with Crippen LogP contribution in [0.3, 0.4) is 0 Å². The van der Waals surface area contributed by atoms with Gasteiger partial charge in [-0.25, -0.2) is 9.59 Å². The van der Waals surface area contributed by atoms with Gasteiger partial charge in [0.15, 0.2) is 0 Å².